The lowest BCUT2D eigenvalue weighted by Gasteiger charge is -2.35. The number of ether oxygens (including phenoxy) is 1. The van der Waals surface area contributed by atoms with Gasteiger partial charge in [-0.05, 0) is 33.1 Å². The molecule has 1 aromatic heterocycles. The molecule has 2 N–H and O–H groups in total. The summed E-state index contributed by atoms with van der Waals surface area (Å²) >= 11 is 0. The Kier molecular flexibility index (Phi) is 6.62. The van der Waals surface area contributed by atoms with E-state index in [9.17, 15) is 9.90 Å². The van der Waals surface area contributed by atoms with Gasteiger partial charge in [0.25, 0.3) is 0 Å². The summed E-state index contributed by atoms with van der Waals surface area (Å²) in [6.07, 6.45) is 4.51. The molecule has 23 heavy (non-hydrogen) atoms. The number of hydrogen-bond donors (Lipinski definition) is 2. The number of aryl methyl sites for hydroxylation is 1. The van der Waals surface area contributed by atoms with E-state index in [0.29, 0.717) is 6.54 Å². The molecule has 0 spiro atoms. The van der Waals surface area contributed by atoms with E-state index in [2.05, 4.69) is 18.7 Å². The number of aliphatic hydroxyl groups is 1. The van der Waals surface area contributed by atoms with Crippen molar-refractivity contribution in [2.75, 3.05) is 19.7 Å². The topological polar surface area (TPSA) is 74.9 Å². The summed E-state index contributed by atoms with van der Waals surface area (Å²) in [6.45, 7) is 7.40. The maximum Gasteiger partial charge on any atom is 0.223 e. The molecule has 2 unspecified atom stereocenters. The Morgan fingerprint density at radius 3 is 2.57 bits per heavy atom. The van der Waals surface area contributed by atoms with Crippen molar-refractivity contribution in [1.29, 1.82) is 0 Å². The Morgan fingerprint density at radius 2 is 1.91 bits per heavy atom. The van der Waals surface area contributed by atoms with Crippen molar-refractivity contribution >= 4 is 0 Å². The average molecular weight is 324 g/mol. The van der Waals surface area contributed by atoms with E-state index in [1.54, 1.807) is 0 Å². The predicted molar refractivity (Wildman–Crippen MR) is 88.6 cm³/mol. The molecule has 0 bridgehead atoms. The predicted octanol–water partition coefficient (Wildman–Crippen LogP) is 1.33. The molecule has 0 radical (unpaired) electrons. The molecule has 1 aliphatic heterocycles. The smallest absolute Gasteiger partial charge is 0.223 e. The fraction of sp³-hybridized carbons (Fsp3) is 0.706. The van der Waals surface area contributed by atoms with Crippen LogP contribution < -0.4 is 5.43 Å². The van der Waals surface area contributed by atoms with Gasteiger partial charge >= 0.3 is 0 Å². The Hall–Kier alpha value is -1.37. The van der Waals surface area contributed by atoms with Gasteiger partial charge in [0, 0.05) is 44.5 Å². The molecule has 0 aliphatic carbocycles. The number of rotatable bonds is 7. The number of pyridine rings is 1. The van der Waals surface area contributed by atoms with Crippen molar-refractivity contribution in [2.45, 2.75) is 58.4 Å². The van der Waals surface area contributed by atoms with Gasteiger partial charge in [0.1, 0.15) is 0 Å². The van der Waals surface area contributed by atoms with Crippen LogP contribution in [-0.2, 0) is 17.8 Å². The quantitative estimate of drug-likeness (QED) is 0.740. The number of aromatic hydroxyl groups is 1. The second-order valence-corrected chi connectivity index (χ2v) is 6.44. The molecule has 2 atom stereocenters. The molecule has 6 heteroatoms. The number of unbranched alkanes of at least 4 members (excludes halogenated alkanes) is 2. The third-order valence-corrected chi connectivity index (χ3v) is 4.14. The number of hydrogen-bond acceptors (Lipinski definition) is 5. The maximum absolute atomic E-state index is 11.8. The Balaban J connectivity index is 2.09. The molecule has 0 aromatic carbocycles. The van der Waals surface area contributed by atoms with E-state index in [-0.39, 0.29) is 30.0 Å². The highest BCUT2D eigenvalue weighted by atomic mass is 16.5. The lowest BCUT2D eigenvalue weighted by atomic mass is 10.2. The first-order chi connectivity index (χ1) is 11.0. The number of aromatic nitrogens is 1. The molecule has 130 valence electrons. The number of morpholine rings is 1. The van der Waals surface area contributed by atoms with Gasteiger partial charge in [-0.2, -0.15) is 0 Å². The minimum atomic E-state index is -0.332. The van der Waals surface area contributed by atoms with Crippen LogP contribution in [0.2, 0.25) is 0 Å². The molecule has 6 nitrogen and oxygen atoms in total. The molecule has 1 fully saturated rings. The van der Waals surface area contributed by atoms with Gasteiger partial charge in [0.15, 0.2) is 5.75 Å². The summed E-state index contributed by atoms with van der Waals surface area (Å²) in [5.41, 5.74) is 0.582. The van der Waals surface area contributed by atoms with Crippen LogP contribution in [-0.4, -0.2) is 51.6 Å². The molecule has 1 aromatic rings. The molecule has 0 amide bonds. The van der Waals surface area contributed by atoms with Crippen molar-refractivity contribution in [3.8, 4) is 5.75 Å². The molecule has 2 rings (SSSR count). The first-order valence-electron chi connectivity index (χ1n) is 8.40. The van der Waals surface area contributed by atoms with Gasteiger partial charge in [0.05, 0.1) is 18.4 Å². The first-order valence-corrected chi connectivity index (χ1v) is 8.40. The summed E-state index contributed by atoms with van der Waals surface area (Å²) in [6, 6.07) is 1.53. The van der Waals surface area contributed by atoms with Crippen LogP contribution in [0, 0.1) is 0 Å². The summed E-state index contributed by atoms with van der Waals surface area (Å²) in [5.74, 6) is -0.209. The molecule has 0 saturated carbocycles. The highest BCUT2D eigenvalue weighted by Crippen LogP contribution is 2.15. The van der Waals surface area contributed by atoms with Crippen LogP contribution in [0.15, 0.2) is 17.1 Å². The van der Waals surface area contributed by atoms with Crippen molar-refractivity contribution in [2.24, 2.45) is 0 Å². The van der Waals surface area contributed by atoms with Gasteiger partial charge in [-0.15, -0.1) is 0 Å². The zero-order valence-corrected chi connectivity index (χ0v) is 14.1. The van der Waals surface area contributed by atoms with Crippen molar-refractivity contribution in [3.05, 3.63) is 28.2 Å². The largest absolute Gasteiger partial charge is 0.503 e. The zero-order valence-electron chi connectivity index (χ0n) is 14.1. The van der Waals surface area contributed by atoms with E-state index < -0.39 is 0 Å². The molecular formula is C17H28N2O4. The van der Waals surface area contributed by atoms with Gasteiger partial charge < -0.3 is 19.5 Å². The zero-order chi connectivity index (χ0) is 16.8. The SMILES string of the molecule is CC1CN(Cc2cc(=O)c(O)cn2CCCCCO)CC(C)O1. The standard InChI is InChI=1S/C17H28N2O4/c1-13-9-18(10-14(2)23-13)11-15-8-16(21)17(22)12-19(15)6-4-3-5-7-20/h8,12-14,20,22H,3-7,9-11H2,1-2H3. The lowest BCUT2D eigenvalue weighted by Crippen LogP contribution is -2.45. The second kappa shape index (κ2) is 8.47. The number of aliphatic hydroxyl groups excluding tert-OH is 1. The van der Waals surface area contributed by atoms with E-state index in [1.165, 1.54) is 12.3 Å². The van der Waals surface area contributed by atoms with Gasteiger partial charge in [-0.1, -0.05) is 0 Å². The van der Waals surface area contributed by atoms with Crippen LogP contribution in [0.3, 0.4) is 0 Å². The van der Waals surface area contributed by atoms with Crippen molar-refractivity contribution in [1.82, 2.24) is 9.47 Å². The highest BCUT2D eigenvalue weighted by Gasteiger charge is 2.23. The molecule has 1 aliphatic rings. The molecule has 2 heterocycles. The Bertz CT molecular complexity index is 548. The average Bonchev–Trinajstić information content (AvgIpc) is 2.47. The van der Waals surface area contributed by atoms with Crippen LogP contribution in [0.1, 0.15) is 38.8 Å². The fourth-order valence-corrected chi connectivity index (χ4v) is 3.16. The summed E-state index contributed by atoms with van der Waals surface area (Å²) in [7, 11) is 0. The summed E-state index contributed by atoms with van der Waals surface area (Å²) in [5, 5.41) is 18.6. The minimum absolute atomic E-state index is 0.181. The van der Waals surface area contributed by atoms with E-state index >= 15 is 0 Å². The Morgan fingerprint density at radius 1 is 1.22 bits per heavy atom. The number of nitrogens with zero attached hydrogens (tertiary/aromatic N) is 2. The third kappa shape index (κ3) is 5.34. The molecular weight excluding hydrogens is 296 g/mol. The minimum Gasteiger partial charge on any atom is -0.503 e. The van der Waals surface area contributed by atoms with E-state index in [1.807, 2.05) is 4.57 Å². The van der Waals surface area contributed by atoms with Crippen LogP contribution in [0.25, 0.3) is 0 Å². The van der Waals surface area contributed by atoms with Crippen molar-refractivity contribution in [3.63, 3.8) is 0 Å². The van der Waals surface area contributed by atoms with Crippen LogP contribution in [0.4, 0.5) is 0 Å². The third-order valence-electron chi connectivity index (χ3n) is 4.14. The normalized spacial score (nSPS) is 22.4. The van der Waals surface area contributed by atoms with Crippen LogP contribution in [0.5, 0.6) is 5.75 Å². The van der Waals surface area contributed by atoms with Gasteiger partial charge in [-0.25, -0.2) is 0 Å². The summed E-state index contributed by atoms with van der Waals surface area (Å²) in [4.78, 5) is 14.1. The highest BCUT2D eigenvalue weighted by molar-refractivity contribution is 5.20. The molecule has 1 saturated heterocycles. The Labute approximate surface area is 137 Å². The van der Waals surface area contributed by atoms with Crippen LogP contribution >= 0.6 is 0 Å². The lowest BCUT2D eigenvalue weighted by molar-refractivity contribution is -0.0710. The van der Waals surface area contributed by atoms with Gasteiger partial charge in [0.2, 0.25) is 5.43 Å². The van der Waals surface area contributed by atoms with Gasteiger partial charge in [-0.3, -0.25) is 9.69 Å². The monoisotopic (exact) mass is 324 g/mol. The fourth-order valence-electron chi connectivity index (χ4n) is 3.16. The first kappa shape index (κ1) is 18.0. The second-order valence-electron chi connectivity index (χ2n) is 6.44. The van der Waals surface area contributed by atoms with E-state index in [4.69, 9.17) is 9.84 Å². The van der Waals surface area contributed by atoms with Crippen molar-refractivity contribution < 1.29 is 14.9 Å². The maximum atomic E-state index is 11.8. The van der Waals surface area contributed by atoms with E-state index in [0.717, 1.165) is 44.6 Å². The summed E-state index contributed by atoms with van der Waals surface area (Å²) < 4.78 is 7.70.